The number of halogens is 1. The van der Waals surface area contributed by atoms with Crippen LogP contribution in [0.2, 0.25) is 0 Å². The van der Waals surface area contributed by atoms with E-state index in [1.54, 1.807) is 25.4 Å². The third-order valence-electron chi connectivity index (χ3n) is 3.67. The molecule has 1 atom stereocenters. The standard InChI is InChI=1S/C18H25N3O2S.HI/c1-4-19-17(20-11-14-5-7-16(23-3)8-6-14)21-13-18(2,22)15-9-10-24-12-15;/h5-10,12,22H,4,11,13H2,1-3H3,(H2,19,20,21);1H. The molecule has 0 fully saturated rings. The molecule has 3 N–H and O–H groups in total. The number of aliphatic hydroxyl groups is 1. The van der Waals surface area contributed by atoms with Gasteiger partial charge in [-0.3, -0.25) is 0 Å². The highest BCUT2D eigenvalue weighted by atomic mass is 127. The van der Waals surface area contributed by atoms with Crippen LogP contribution in [-0.2, 0) is 12.1 Å². The minimum absolute atomic E-state index is 0. The van der Waals surface area contributed by atoms with E-state index >= 15 is 0 Å². The van der Waals surface area contributed by atoms with Gasteiger partial charge in [0.1, 0.15) is 11.4 Å². The van der Waals surface area contributed by atoms with Crippen LogP contribution in [0.1, 0.15) is 25.0 Å². The minimum Gasteiger partial charge on any atom is -0.497 e. The Kier molecular flexibility index (Phi) is 9.23. The Balaban J connectivity index is 0.00000312. The molecule has 0 saturated heterocycles. The molecular formula is C18H26IN3O2S. The first-order chi connectivity index (χ1) is 11.5. The van der Waals surface area contributed by atoms with E-state index < -0.39 is 5.60 Å². The zero-order valence-electron chi connectivity index (χ0n) is 14.8. The van der Waals surface area contributed by atoms with Crippen molar-refractivity contribution in [1.29, 1.82) is 0 Å². The number of rotatable bonds is 7. The number of hydrogen-bond donors (Lipinski definition) is 3. The number of guanidine groups is 1. The van der Waals surface area contributed by atoms with Gasteiger partial charge in [0.05, 0.1) is 20.2 Å². The number of nitrogens with zero attached hydrogens (tertiary/aromatic N) is 1. The van der Waals surface area contributed by atoms with Crippen molar-refractivity contribution in [2.75, 3.05) is 20.2 Å². The van der Waals surface area contributed by atoms with Gasteiger partial charge in [-0.1, -0.05) is 12.1 Å². The molecule has 0 spiro atoms. The van der Waals surface area contributed by atoms with Crippen molar-refractivity contribution < 1.29 is 9.84 Å². The van der Waals surface area contributed by atoms with E-state index in [-0.39, 0.29) is 24.0 Å². The van der Waals surface area contributed by atoms with E-state index in [1.807, 2.05) is 48.0 Å². The van der Waals surface area contributed by atoms with Crippen molar-refractivity contribution in [2.45, 2.75) is 26.0 Å². The first kappa shape index (κ1) is 21.7. The molecule has 25 heavy (non-hydrogen) atoms. The number of ether oxygens (including phenoxy) is 1. The van der Waals surface area contributed by atoms with Gasteiger partial charge in [-0.05, 0) is 53.9 Å². The molecule has 1 aromatic heterocycles. The Morgan fingerprint density at radius 2 is 1.96 bits per heavy atom. The first-order valence-electron chi connectivity index (χ1n) is 7.95. The highest BCUT2D eigenvalue weighted by Crippen LogP contribution is 2.22. The predicted octanol–water partition coefficient (Wildman–Crippen LogP) is 3.34. The lowest BCUT2D eigenvalue weighted by Crippen LogP contribution is -2.44. The summed E-state index contributed by atoms with van der Waals surface area (Å²) in [6.07, 6.45) is 0. The summed E-state index contributed by atoms with van der Waals surface area (Å²) < 4.78 is 5.16. The van der Waals surface area contributed by atoms with Gasteiger partial charge >= 0.3 is 0 Å². The fourth-order valence-electron chi connectivity index (χ4n) is 2.17. The quantitative estimate of drug-likeness (QED) is 0.327. The van der Waals surface area contributed by atoms with Crippen LogP contribution in [0.3, 0.4) is 0 Å². The Labute approximate surface area is 170 Å². The molecule has 0 aliphatic heterocycles. The molecule has 1 unspecified atom stereocenters. The lowest BCUT2D eigenvalue weighted by molar-refractivity contribution is 0.0621. The summed E-state index contributed by atoms with van der Waals surface area (Å²) in [6.45, 7) is 5.52. The fourth-order valence-corrected chi connectivity index (χ4v) is 2.95. The van der Waals surface area contributed by atoms with Gasteiger partial charge < -0.3 is 20.5 Å². The highest BCUT2D eigenvalue weighted by molar-refractivity contribution is 14.0. The maximum atomic E-state index is 10.6. The first-order valence-corrected chi connectivity index (χ1v) is 8.89. The van der Waals surface area contributed by atoms with Gasteiger partial charge in [0, 0.05) is 6.54 Å². The van der Waals surface area contributed by atoms with Crippen molar-refractivity contribution in [2.24, 2.45) is 4.99 Å². The van der Waals surface area contributed by atoms with Crippen molar-refractivity contribution in [3.05, 3.63) is 52.2 Å². The Hall–Kier alpha value is -1.32. The lowest BCUT2D eigenvalue weighted by Gasteiger charge is -2.24. The molecule has 0 saturated carbocycles. The number of methoxy groups -OCH3 is 1. The van der Waals surface area contributed by atoms with Gasteiger partial charge in [-0.15, -0.1) is 24.0 Å². The Morgan fingerprint density at radius 1 is 1.24 bits per heavy atom. The van der Waals surface area contributed by atoms with Crippen LogP contribution in [0.15, 0.2) is 46.1 Å². The number of thiophene rings is 1. The summed E-state index contributed by atoms with van der Waals surface area (Å²) in [5, 5.41) is 20.9. The highest BCUT2D eigenvalue weighted by Gasteiger charge is 2.23. The molecule has 1 heterocycles. The van der Waals surface area contributed by atoms with Crippen molar-refractivity contribution in [3.8, 4) is 5.75 Å². The molecule has 7 heteroatoms. The summed E-state index contributed by atoms with van der Waals surface area (Å²) >= 11 is 1.58. The van der Waals surface area contributed by atoms with E-state index in [0.29, 0.717) is 19.0 Å². The maximum absolute atomic E-state index is 10.6. The predicted molar refractivity (Wildman–Crippen MR) is 115 cm³/mol. The zero-order valence-corrected chi connectivity index (χ0v) is 17.9. The Bertz CT molecular complexity index is 643. The molecule has 0 bridgehead atoms. The van der Waals surface area contributed by atoms with Gasteiger partial charge in [0.2, 0.25) is 0 Å². The van der Waals surface area contributed by atoms with Gasteiger partial charge in [-0.2, -0.15) is 11.3 Å². The van der Waals surface area contributed by atoms with Crippen molar-refractivity contribution in [1.82, 2.24) is 10.6 Å². The second-order valence-electron chi connectivity index (χ2n) is 5.68. The smallest absolute Gasteiger partial charge is 0.191 e. The summed E-state index contributed by atoms with van der Waals surface area (Å²) in [4.78, 5) is 4.57. The minimum atomic E-state index is -0.934. The van der Waals surface area contributed by atoms with Crippen LogP contribution >= 0.6 is 35.3 Å². The lowest BCUT2D eigenvalue weighted by atomic mass is 9.99. The summed E-state index contributed by atoms with van der Waals surface area (Å²) in [5.74, 6) is 1.52. The van der Waals surface area contributed by atoms with Crippen LogP contribution < -0.4 is 15.4 Å². The molecule has 0 radical (unpaired) electrons. The molecule has 1 aromatic carbocycles. The van der Waals surface area contributed by atoms with Gasteiger partial charge in [-0.25, -0.2) is 4.99 Å². The normalized spacial score (nSPS) is 13.5. The third kappa shape index (κ3) is 6.83. The summed E-state index contributed by atoms with van der Waals surface area (Å²) in [7, 11) is 1.65. The number of nitrogens with one attached hydrogen (secondary N) is 2. The molecule has 2 aromatic rings. The van der Waals surface area contributed by atoms with Gasteiger partial charge in [0.15, 0.2) is 5.96 Å². The number of benzene rings is 1. The van der Waals surface area contributed by atoms with E-state index in [4.69, 9.17) is 4.74 Å². The van der Waals surface area contributed by atoms with Crippen LogP contribution in [0.25, 0.3) is 0 Å². The number of hydrogen-bond acceptors (Lipinski definition) is 4. The van der Waals surface area contributed by atoms with E-state index in [1.165, 1.54) is 0 Å². The van der Waals surface area contributed by atoms with E-state index in [2.05, 4.69) is 15.6 Å². The average Bonchev–Trinajstić information content (AvgIpc) is 3.13. The number of aliphatic imine (C=N–C) groups is 1. The molecule has 0 amide bonds. The van der Waals surface area contributed by atoms with E-state index in [0.717, 1.165) is 23.4 Å². The topological polar surface area (TPSA) is 65.9 Å². The monoisotopic (exact) mass is 475 g/mol. The second-order valence-corrected chi connectivity index (χ2v) is 6.46. The van der Waals surface area contributed by atoms with Crippen LogP contribution in [0.4, 0.5) is 0 Å². The fraction of sp³-hybridized carbons (Fsp3) is 0.389. The molecule has 2 rings (SSSR count). The largest absolute Gasteiger partial charge is 0.497 e. The van der Waals surface area contributed by atoms with Crippen LogP contribution in [0, 0.1) is 0 Å². The molecule has 0 aliphatic carbocycles. The molecular weight excluding hydrogens is 449 g/mol. The Morgan fingerprint density at radius 3 is 2.52 bits per heavy atom. The van der Waals surface area contributed by atoms with Crippen molar-refractivity contribution >= 4 is 41.3 Å². The SMILES string of the molecule is CCNC(=NCc1ccc(OC)cc1)NCC(C)(O)c1ccsc1.I. The average molecular weight is 475 g/mol. The third-order valence-corrected chi connectivity index (χ3v) is 4.35. The zero-order chi connectivity index (χ0) is 17.4. The van der Waals surface area contributed by atoms with Crippen LogP contribution in [-0.4, -0.2) is 31.3 Å². The summed E-state index contributed by atoms with van der Waals surface area (Å²) in [6, 6.07) is 9.77. The summed E-state index contributed by atoms with van der Waals surface area (Å²) in [5.41, 5.74) is 1.07. The van der Waals surface area contributed by atoms with E-state index in [9.17, 15) is 5.11 Å². The molecule has 0 aliphatic rings. The van der Waals surface area contributed by atoms with Gasteiger partial charge in [0.25, 0.3) is 0 Å². The second kappa shape index (κ2) is 10.6. The molecule has 138 valence electrons. The van der Waals surface area contributed by atoms with Crippen molar-refractivity contribution in [3.63, 3.8) is 0 Å². The maximum Gasteiger partial charge on any atom is 0.191 e. The molecule has 5 nitrogen and oxygen atoms in total. The van der Waals surface area contributed by atoms with Crippen LogP contribution in [0.5, 0.6) is 5.75 Å².